The summed E-state index contributed by atoms with van der Waals surface area (Å²) in [5.41, 5.74) is 4.87. The normalized spacial score (nSPS) is 11.6. The Hall–Kier alpha value is -4.11. The Labute approximate surface area is 191 Å². The van der Waals surface area contributed by atoms with E-state index >= 15 is 0 Å². The first-order valence-electron chi connectivity index (χ1n) is 10.6. The van der Waals surface area contributed by atoms with Crippen LogP contribution in [-0.4, -0.2) is 31.8 Å². The number of nitrogens with one attached hydrogen (secondary N) is 1. The monoisotopic (exact) mass is 443 g/mol. The van der Waals surface area contributed by atoms with E-state index in [9.17, 15) is 14.0 Å². The highest BCUT2D eigenvalue weighted by Crippen LogP contribution is 2.44. The molecule has 0 aliphatic heterocycles. The van der Waals surface area contributed by atoms with Gasteiger partial charge in [0.1, 0.15) is 12.4 Å². The van der Waals surface area contributed by atoms with Crippen LogP contribution in [-0.2, 0) is 9.47 Å². The van der Waals surface area contributed by atoms with Crippen molar-refractivity contribution < 1.29 is 23.5 Å². The summed E-state index contributed by atoms with van der Waals surface area (Å²) in [4.78, 5) is 24.0. The molecule has 0 atom stereocenters. The van der Waals surface area contributed by atoms with Gasteiger partial charge in [-0.25, -0.2) is 14.0 Å². The third kappa shape index (κ3) is 4.88. The van der Waals surface area contributed by atoms with Crippen LogP contribution in [0.4, 0.5) is 9.18 Å². The average Bonchev–Trinajstić information content (AvgIpc) is 3.15. The molecule has 0 saturated heterocycles. The van der Waals surface area contributed by atoms with Gasteiger partial charge in [-0.3, -0.25) is 0 Å². The van der Waals surface area contributed by atoms with Crippen LogP contribution in [0.1, 0.15) is 39.9 Å². The summed E-state index contributed by atoms with van der Waals surface area (Å²) < 4.78 is 24.1. The summed E-state index contributed by atoms with van der Waals surface area (Å²) in [5, 5.41) is 2.59. The minimum Gasteiger partial charge on any atom is -0.462 e. The van der Waals surface area contributed by atoms with Crippen LogP contribution in [0.25, 0.3) is 11.1 Å². The summed E-state index contributed by atoms with van der Waals surface area (Å²) in [5.74, 6) is 4.14. The molecule has 0 aromatic heterocycles. The minimum absolute atomic E-state index is 0.0188. The Balaban J connectivity index is 1.33. The van der Waals surface area contributed by atoms with Crippen LogP contribution in [0.2, 0.25) is 0 Å². The fourth-order valence-electron chi connectivity index (χ4n) is 3.88. The lowest BCUT2D eigenvalue weighted by Crippen LogP contribution is -2.26. The Bertz CT molecular complexity index is 1210. The maximum absolute atomic E-state index is 13.8. The summed E-state index contributed by atoms with van der Waals surface area (Å²) in [7, 11) is 0. The predicted octanol–water partition coefficient (Wildman–Crippen LogP) is 4.89. The van der Waals surface area contributed by atoms with E-state index in [1.54, 1.807) is 6.92 Å². The van der Waals surface area contributed by atoms with Crippen molar-refractivity contribution in [3.63, 3.8) is 0 Å². The Morgan fingerprint density at radius 3 is 2.30 bits per heavy atom. The van der Waals surface area contributed by atoms with E-state index in [1.165, 1.54) is 12.1 Å². The second-order valence-electron chi connectivity index (χ2n) is 7.40. The van der Waals surface area contributed by atoms with Crippen LogP contribution >= 0.6 is 0 Å². The molecule has 0 radical (unpaired) electrons. The number of halogens is 1. The molecule has 0 fully saturated rings. The summed E-state index contributed by atoms with van der Waals surface area (Å²) in [6.45, 7) is 2.06. The minimum atomic E-state index is -0.740. The number of hydrogen-bond acceptors (Lipinski definition) is 4. The van der Waals surface area contributed by atoms with Gasteiger partial charge in [0.2, 0.25) is 0 Å². The van der Waals surface area contributed by atoms with E-state index in [1.807, 2.05) is 24.3 Å². The van der Waals surface area contributed by atoms with E-state index in [0.29, 0.717) is 5.56 Å². The number of fused-ring (bicyclic) bond motifs is 3. The third-order valence-electron chi connectivity index (χ3n) is 5.36. The molecule has 166 valence electrons. The molecular weight excluding hydrogens is 421 g/mol. The maximum atomic E-state index is 13.8. The van der Waals surface area contributed by atoms with Crippen molar-refractivity contribution in [2.24, 2.45) is 0 Å². The molecule has 1 amide bonds. The number of ether oxygens (including phenoxy) is 2. The van der Waals surface area contributed by atoms with Crippen molar-refractivity contribution in [1.82, 2.24) is 5.32 Å². The lowest BCUT2D eigenvalue weighted by atomic mass is 9.98. The number of rotatable bonds is 5. The zero-order valence-corrected chi connectivity index (χ0v) is 18.1. The Kier molecular flexibility index (Phi) is 6.70. The first-order chi connectivity index (χ1) is 16.1. The molecule has 3 aromatic rings. The molecule has 33 heavy (non-hydrogen) atoms. The molecule has 0 bridgehead atoms. The van der Waals surface area contributed by atoms with Gasteiger partial charge < -0.3 is 14.8 Å². The lowest BCUT2D eigenvalue weighted by Gasteiger charge is -2.14. The van der Waals surface area contributed by atoms with E-state index < -0.39 is 17.9 Å². The van der Waals surface area contributed by atoms with Gasteiger partial charge in [-0.15, -0.1) is 0 Å². The van der Waals surface area contributed by atoms with Crippen molar-refractivity contribution in [2.45, 2.75) is 12.8 Å². The number of benzene rings is 3. The zero-order valence-electron chi connectivity index (χ0n) is 18.1. The van der Waals surface area contributed by atoms with Gasteiger partial charge in [0.05, 0.1) is 18.7 Å². The quantitative estimate of drug-likeness (QED) is 0.450. The molecule has 5 nitrogen and oxygen atoms in total. The van der Waals surface area contributed by atoms with Gasteiger partial charge in [0.15, 0.2) is 0 Å². The molecule has 3 aromatic carbocycles. The van der Waals surface area contributed by atoms with Crippen molar-refractivity contribution >= 4 is 12.1 Å². The van der Waals surface area contributed by atoms with Gasteiger partial charge >= 0.3 is 12.1 Å². The van der Waals surface area contributed by atoms with E-state index in [0.717, 1.165) is 28.3 Å². The highest BCUT2D eigenvalue weighted by Gasteiger charge is 2.28. The fourth-order valence-corrected chi connectivity index (χ4v) is 3.88. The molecule has 1 N–H and O–H groups in total. The van der Waals surface area contributed by atoms with Crippen molar-refractivity contribution in [1.29, 1.82) is 0 Å². The predicted molar refractivity (Wildman–Crippen MR) is 122 cm³/mol. The van der Waals surface area contributed by atoms with Crippen LogP contribution in [0, 0.1) is 17.7 Å². The Morgan fingerprint density at radius 1 is 0.970 bits per heavy atom. The van der Waals surface area contributed by atoms with Gasteiger partial charge in [-0.05, 0) is 47.4 Å². The van der Waals surface area contributed by atoms with Crippen molar-refractivity contribution in [2.75, 3.05) is 19.8 Å². The van der Waals surface area contributed by atoms with Crippen LogP contribution < -0.4 is 5.32 Å². The maximum Gasteiger partial charge on any atom is 0.407 e. The number of hydrogen-bond donors (Lipinski definition) is 1. The van der Waals surface area contributed by atoms with Crippen molar-refractivity contribution in [3.05, 3.63) is 94.8 Å². The molecule has 0 unspecified atom stereocenters. The second kappa shape index (κ2) is 10.0. The molecule has 4 rings (SSSR count). The van der Waals surface area contributed by atoms with Gasteiger partial charge in [0, 0.05) is 11.5 Å². The number of carbonyl (C=O) groups excluding carboxylic acids is 2. The number of amides is 1. The molecule has 0 saturated carbocycles. The van der Waals surface area contributed by atoms with E-state index in [2.05, 4.69) is 41.4 Å². The molecule has 1 aliphatic rings. The van der Waals surface area contributed by atoms with Crippen LogP contribution in [0.3, 0.4) is 0 Å². The first kappa shape index (κ1) is 22.1. The standard InChI is InChI=1S/C27H22FNO4/c1-2-32-26(30)23-16-18(13-14-25(23)28)8-7-15-29-27(31)33-17-24-21-11-5-3-9-19(21)20-10-4-6-12-22(20)24/h3-6,9-14,16,24H,2,15,17H2,1H3,(H,29,31). The average molecular weight is 443 g/mol. The summed E-state index contributed by atoms with van der Waals surface area (Å²) in [6, 6.07) is 20.2. The van der Waals surface area contributed by atoms with Crippen molar-refractivity contribution in [3.8, 4) is 23.0 Å². The summed E-state index contributed by atoms with van der Waals surface area (Å²) in [6.07, 6.45) is -0.572. The largest absolute Gasteiger partial charge is 0.462 e. The lowest BCUT2D eigenvalue weighted by molar-refractivity contribution is 0.0521. The summed E-state index contributed by atoms with van der Waals surface area (Å²) >= 11 is 0. The highest BCUT2D eigenvalue weighted by atomic mass is 19.1. The van der Waals surface area contributed by atoms with E-state index in [4.69, 9.17) is 9.47 Å². The van der Waals surface area contributed by atoms with Crippen LogP contribution in [0.5, 0.6) is 0 Å². The fraction of sp³-hybridized carbons (Fsp3) is 0.185. The van der Waals surface area contributed by atoms with Gasteiger partial charge in [-0.2, -0.15) is 0 Å². The Morgan fingerprint density at radius 2 is 1.64 bits per heavy atom. The van der Waals surface area contributed by atoms with Gasteiger partial charge in [-0.1, -0.05) is 60.4 Å². The number of carbonyl (C=O) groups is 2. The highest BCUT2D eigenvalue weighted by molar-refractivity contribution is 5.90. The van der Waals surface area contributed by atoms with Gasteiger partial charge in [0.25, 0.3) is 0 Å². The molecule has 6 heteroatoms. The smallest absolute Gasteiger partial charge is 0.407 e. The third-order valence-corrected chi connectivity index (χ3v) is 5.36. The molecule has 1 aliphatic carbocycles. The zero-order chi connectivity index (χ0) is 23.2. The molecular formula is C27H22FNO4. The first-order valence-corrected chi connectivity index (χ1v) is 10.6. The number of alkyl carbamates (subject to hydrolysis) is 1. The van der Waals surface area contributed by atoms with Crippen LogP contribution in [0.15, 0.2) is 66.7 Å². The van der Waals surface area contributed by atoms with E-state index in [-0.39, 0.29) is 31.2 Å². The second-order valence-corrected chi connectivity index (χ2v) is 7.40. The molecule has 0 heterocycles. The number of esters is 1. The SMILES string of the molecule is CCOC(=O)c1cc(C#CCNC(=O)OCC2c3ccccc3-c3ccccc32)ccc1F. The topological polar surface area (TPSA) is 64.6 Å². The molecule has 0 spiro atoms.